The molecule has 0 saturated heterocycles. The van der Waals surface area contributed by atoms with E-state index in [0.29, 0.717) is 0 Å². The lowest BCUT2D eigenvalue weighted by Crippen LogP contribution is -2.36. The number of carbonyl (C=O) groups is 1. The largest absolute Gasteiger partial charge is 0.444 e. The molecular weight excluding hydrogens is 262 g/mol. The third-order valence-corrected chi connectivity index (χ3v) is 1.52. The number of hydrogen-bond acceptors (Lipinski definition) is 5. The van der Waals surface area contributed by atoms with Crippen LogP contribution in [-0.2, 0) is 4.74 Å². The lowest BCUT2D eigenvalue weighted by molar-refractivity contribution is 0.0503. The van der Waals surface area contributed by atoms with Crippen LogP contribution in [0.3, 0.4) is 0 Å². The molecule has 5 N–H and O–H groups in total. The topological polar surface area (TPSA) is 105 Å². The van der Waals surface area contributed by atoms with E-state index in [2.05, 4.69) is 5.32 Å². The number of nitrogens with two attached hydrogens (primary N) is 1. The van der Waals surface area contributed by atoms with Crippen LogP contribution in [-0.4, -0.2) is 60.6 Å². The van der Waals surface area contributed by atoms with Gasteiger partial charge in [0.25, 0.3) is 0 Å². The fourth-order valence-corrected chi connectivity index (χ4v) is 0.647. The number of hydrogen-bond donors (Lipinski definition) is 4. The van der Waals surface area contributed by atoms with E-state index >= 15 is 0 Å². The van der Waals surface area contributed by atoms with Crippen LogP contribution >= 0.6 is 0 Å². The summed E-state index contributed by atoms with van der Waals surface area (Å²) in [5, 5.41) is 18.4. The van der Waals surface area contributed by atoms with Crippen LogP contribution in [0.25, 0.3) is 0 Å². The van der Waals surface area contributed by atoms with Gasteiger partial charge in [-0.25, -0.2) is 13.6 Å². The number of halogens is 2. The van der Waals surface area contributed by atoms with Crippen LogP contribution in [0.15, 0.2) is 0 Å². The minimum absolute atomic E-state index is 0.0868. The van der Waals surface area contributed by atoms with Crippen molar-refractivity contribution in [3.63, 3.8) is 0 Å². The van der Waals surface area contributed by atoms with Gasteiger partial charge in [0.2, 0.25) is 0 Å². The zero-order valence-corrected chi connectivity index (χ0v) is 11.5. The third-order valence-electron chi connectivity index (χ3n) is 1.52. The molecule has 0 radical (unpaired) electrons. The summed E-state index contributed by atoms with van der Waals surface area (Å²) in [5.74, 6) is 0. The summed E-state index contributed by atoms with van der Waals surface area (Å²) < 4.78 is 28.7. The second kappa shape index (κ2) is 10.9. The van der Waals surface area contributed by atoms with Crippen molar-refractivity contribution in [3.8, 4) is 0 Å². The molecule has 0 aliphatic heterocycles. The van der Waals surface area contributed by atoms with E-state index in [9.17, 15) is 13.6 Å². The normalized spacial score (nSPS) is 13.9. The highest BCUT2D eigenvalue weighted by atomic mass is 19.1. The van der Waals surface area contributed by atoms with Gasteiger partial charge in [-0.05, 0) is 20.8 Å². The molecule has 19 heavy (non-hydrogen) atoms. The van der Waals surface area contributed by atoms with Crippen molar-refractivity contribution >= 4 is 6.09 Å². The van der Waals surface area contributed by atoms with E-state index in [-0.39, 0.29) is 13.1 Å². The summed E-state index contributed by atoms with van der Waals surface area (Å²) in [5.41, 5.74) is 4.16. The molecule has 6 nitrogen and oxygen atoms in total. The lowest BCUT2D eigenvalue weighted by atomic mass is 10.2. The molecule has 0 aromatic carbocycles. The second-order valence-corrected chi connectivity index (χ2v) is 4.68. The molecule has 0 heterocycles. The first-order valence-electron chi connectivity index (χ1n) is 5.83. The van der Waals surface area contributed by atoms with Crippen LogP contribution in [0.2, 0.25) is 0 Å². The Balaban J connectivity index is 0. The highest BCUT2D eigenvalue weighted by Gasteiger charge is 2.16. The summed E-state index contributed by atoms with van der Waals surface area (Å²) in [6.07, 6.45) is -3.35. The molecule has 0 aliphatic carbocycles. The summed E-state index contributed by atoms with van der Waals surface area (Å²) in [6, 6.07) is 0. The number of ether oxygens (including phenoxy) is 1. The molecule has 116 valence electrons. The molecular formula is C11H24F2N2O4. The Morgan fingerprint density at radius 3 is 2.00 bits per heavy atom. The van der Waals surface area contributed by atoms with E-state index in [1.54, 1.807) is 20.8 Å². The number of aliphatic hydroxyl groups excluding tert-OH is 2. The SMILES string of the molecule is CC(C)(C)OC(=O)NC[C@H](F)CO.NC[C@H](F)CO. The Bertz CT molecular complexity index is 233. The first-order chi connectivity index (χ1) is 8.66. The highest BCUT2D eigenvalue weighted by molar-refractivity contribution is 5.67. The maximum absolute atomic E-state index is 12.4. The standard InChI is InChI=1S/C8H16FNO3.C3H8FNO/c1-8(2,3)13-7(12)10-4-6(9)5-11;4-3(1-5)2-6/h6,11H,4-5H2,1-3H3,(H,10,12);3,6H,1-2,5H2/t6-;3-/m00/s1. The minimum Gasteiger partial charge on any atom is -0.444 e. The van der Waals surface area contributed by atoms with Gasteiger partial charge in [-0.15, -0.1) is 0 Å². The van der Waals surface area contributed by atoms with Gasteiger partial charge in [0, 0.05) is 6.54 Å². The Kier molecular flexibility index (Phi) is 11.7. The molecule has 0 aromatic heterocycles. The van der Waals surface area contributed by atoms with E-state index in [1.807, 2.05) is 0 Å². The van der Waals surface area contributed by atoms with Gasteiger partial charge in [-0.3, -0.25) is 0 Å². The Hall–Kier alpha value is -0.990. The van der Waals surface area contributed by atoms with Crippen molar-refractivity contribution in [2.75, 3.05) is 26.3 Å². The zero-order valence-electron chi connectivity index (χ0n) is 11.5. The van der Waals surface area contributed by atoms with Gasteiger partial charge < -0.3 is 26.0 Å². The molecule has 1 amide bonds. The van der Waals surface area contributed by atoms with Crippen molar-refractivity contribution in [1.29, 1.82) is 0 Å². The van der Waals surface area contributed by atoms with Crippen molar-refractivity contribution in [2.24, 2.45) is 5.73 Å². The van der Waals surface area contributed by atoms with Gasteiger partial charge in [0.1, 0.15) is 17.9 Å². The summed E-state index contributed by atoms with van der Waals surface area (Å²) >= 11 is 0. The van der Waals surface area contributed by atoms with Crippen LogP contribution in [0, 0.1) is 0 Å². The van der Waals surface area contributed by atoms with E-state index in [0.717, 1.165) is 0 Å². The number of carbonyl (C=O) groups excluding carboxylic acids is 1. The van der Waals surface area contributed by atoms with Gasteiger partial charge in [-0.1, -0.05) is 0 Å². The molecule has 0 unspecified atom stereocenters. The smallest absolute Gasteiger partial charge is 0.407 e. The quantitative estimate of drug-likeness (QED) is 0.574. The fraction of sp³-hybridized carbons (Fsp3) is 0.909. The Labute approximate surface area is 111 Å². The predicted octanol–water partition coefficient (Wildman–Crippen LogP) is 0.117. The van der Waals surface area contributed by atoms with E-state index < -0.39 is 37.3 Å². The number of amides is 1. The molecule has 2 atom stereocenters. The number of nitrogens with one attached hydrogen (secondary N) is 1. The van der Waals surface area contributed by atoms with Crippen molar-refractivity contribution in [3.05, 3.63) is 0 Å². The van der Waals surface area contributed by atoms with Gasteiger partial charge in [0.05, 0.1) is 19.8 Å². The van der Waals surface area contributed by atoms with Crippen LogP contribution < -0.4 is 11.1 Å². The maximum Gasteiger partial charge on any atom is 0.407 e. The Morgan fingerprint density at radius 2 is 1.74 bits per heavy atom. The first-order valence-corrected chi connectivity index (χ1v) is 5.83. The van der Waals surface area contributed by atoms with E-state index in [1.165, 1.54) is 0 Å². The predicted molar refractivity (Wildman–Crippen MR) is 67.3 cm³/mol. The summed E-state index contributed by atoms with van der Waals surface area (Å²) in [4.78, 5) is 10.9. The van der Waals surface area contributed by atoms with Crippen molar-refractivity contribution in [1.82, 2.24) is 5.32 Å². The highest BCUT2D eigenvalue weighted by Crippen LogP contribution is 2.06. The van der Waals surface area contributed by atoms with Gasteiger partial charge in [0.15, 0.2) is 0 Å². The van der Waals surface area contributed by atoms with Gasteiger partial charge in [-0.2, -0.15) is 0 Å². The molecule has 8 heteroatoms. The molecule has 0 aromatic rings. The number of alkyl carbamates (subject to hydrolysis) is 1. The molecule has 0 bridgehead atoms. The average molecular weight is 286 g/mol. The summed E-state index contributed by atoms with van der Waals surface area (Å²) in [6.45, 7) is 3.76. The zero-order chi connectivity index (χ0) is 15.5. The first kappa shape index (κ1) is 20.3. The molecule has 0 spiro atoms. The van der Waals surface area contributed by atoms with Crippen LogP contribution in [0.1, 0.15) is 20.8 Å². The van der Waals surface area contributed by atoms with Crippen molar-refractivity contribution < 1.29 is 28.5 Å². The van der Waals surface area contributed by atoms with Crippen LogP contribution in [0.5, 0.6) is 0 Å². The third kappa shape index (κ3) is 17.0. The molecule has 0 fully saturated rings. The van der Waals surface area contributed by atoms with Crippen LogP contribution in [0.4, 0.5) is 13.6 Å². The maximum atomic E-state index is 12.4. The second-order valence-electron chi connectivity index (χ2n) is 4.68. The summed E-state index contributed by atoms with van der Waals surface area (Å²) in [7, 11) is 0. The molecule has 0 saturated carbocycles. The van der Waals surface area contributed by atoms with Crippen molar-refractivity contribution in [2.45, 2.75) is 38.7 Å². The van der Waals surface area contributed by atoms with E-state index in [4.69, 9.17) is 20.7 Å². The fourth-order valence-electron chi connectivity index (χ4n) is 0.647. The molecule has 0 aliphatic rings. The lowest BCUT2D eigenvalue weighted by Gasteiger charge is -2.19. The number of rotatable bonds is 5. The molecule has 0 rings (SSSR count). The average Bonchev–Trinajstić information content (AvgIpc) is 2.33. The van der Waals surface area contributed by atoms with Gasteiger partial charge >= 0.3 is 6.09 Å². The minimum atomic E-state index is -1.44. The number of alkyl halides is 2. The number of aliphatic hydroxyl groups is 2. The monoisotopic (exact) mass is 286 g/mol. The Morgan fingerprint density at radius 1 is 1.26 bits per heavy atom.